The van der Waals surface area contributed by atoms with Crippen LogP contribution in [0, 0.1) is 10.1 Å². The van der Waals surface area contributed by atoms with Crippen LogP contribution in [0.5, 0.6) is 23.0 Å². The molecule has 3 aromatic carbocycles. The van der Waals surface area contributed by atoms with Crippen LogP contribution in [0.1, 0.15) is 26.3 Å². The van der Waals surface area contributed by atoms with Gasteiger partial charge >= 0.3 is 5.97 Å². The highest BCUT2D eigenvalue weighted by Gasteiger charge is 2.18. The molecule has 0 aromatic heterocycles. The Hall–Kier alpha value is -4.93. The van der Waals surface area contributed by atoms with Gasteiger partial charge in [-0.1, -0.05) is 18.2 Å². The average molecular weight is 479 g/mol. The summed E-state index contributed by atoms with van der Waals surface area (Å²) >= 11 is 0. The SMILES string of the molecule is COc1cc(C(=O)Oc2cccc(C=NNC(=O)c3cccc([N+](=O)[O-])c3)c2)cc(OC)c1OC. The summed E-state index contributed by atoms with van der Waals surface area (Å²) in [6.07, 6.45) is 1.34. The molecule has 180 valence electrons. The summed E-state index contributed by atoms with van der Waals surface area (Å²) in [6.45, 7) is 0. The molecular weight excluding hydrogens is 458 g/mol. The first-order valence-corrected chi connectivity index (χ1v) is 10.1. The molecule has 0 radical (unpaired) electrons. The predicted molar refractivity (Wildman–Crippen MR) is 126 cm³/mol. The van der Waals surface area contributed by atoms with Crippen molar-refractivity contribution in [2.24, 2.45) is 5.10 Å². The quantitative estimate of drug-likeness (QED) is 0.161. The Morgan fingerprint density at radius 2 is 1.60 bits per heavy atom. The maximum Gasteiger partial charge on any atom is 0.343 e. The molecule has 1 amide bonds. The molecule has 11 heteroatoms. The zero-order chi connectivity index (χ0) is 25.4. The fraction of sp³-hybridized carbons (Fsp3) is 0.125. The van der Waals surface area contributed by atoms with Crippen LogP contribution in [0.3, 0.4) is 0 Å². The van der Waals surface area contributed by atoms with Gasteiger partial charge in [-0.15, -0.1) is 0 Å². The number of hydrogen-bond donors (Lipinski definition) is 1. The Balaban J connectivity index is 1.70. The minimum Gasteiger partial charge on any atom is -0.493 e. The van der Waals surface area contributed by atoms with Gasteiger partial charge in [-0.2, -0.15) is 5.10 Å². The minimum atomic E-state index is -0.655. The molecule has 3 rings (SSSR count). The summed E-state index contributed by atoms with van der Waals surface area (Å²) in [5.41, 5.74) is 2.89. The monoisotopic (exact) mass is 479 g/mol. The second-order valence-corrected chi connectivity index (χ2v) is 6.88. The third kappa shape index (κ3) is 6.11. The van der Waals surface area contributed by atoms with Crippen molar-refractivity contribution in [3.63, 3.8) is 0 Å². The van der Waals surface area contributed by atoms with Gasteiger partial charge in [-0.3, -0.25) is 14.9 Å². The summed E-state index contributed by atoms with van der Waals surface area (Å²) < 4.78 is 21.2. The molecule has 11 nitrogen and oxygen atoms in total. The number of carbonyl (C=O) groups excluding carboxylic acids is 2. The standard InChI is InChI=1S/C24H21N3O8/c1-32-20-12-17(13-21(33-2)22(20)34-3)24(29)35-19-9-4-6-15(10-19)14-25-26-23(28)16-7-5-8-18(11-16)27(30)31/h4-14H,1-3H3,(H,26,28). The van der Waals surface area contributed by atoms with E-state index >= 15 is 0 Å². The van der Waals surface area contributed by atoms with Gasteiger partial charge in [-0.05, 0) is 35.9 Å². The first kappa shape index (κ1) is 24.7. The van der Waals surface area contributed by atoms with Crippen molar-refractivity contribution in [3.8, 4) is 23.0 Å². The number of methoxy groups -OCH3 is 3. The smallest absolute Gasteiger partial charge is 0.343 e. The van der Waals surface area contributed by atoms with Gasteiger partial charge in [0, 0.05) is 17.7 Å². The second kappa shape index (κ2) is 11.3. The molecular formula is C24H21N3O8. The van der Waals surface area contributed by atoms with Crippen molar-refractivity contribution in [2.45, 2.75) is 0 Å². The van der Waals surface area contributed by atoms with E-state index in [1.54, 1.807) is 24.3 Å². The number of hydrogen-bond acceptors (Lipinski definition) is 9. The van der Waals surface area contributed by atoms with Crippen LogP contribution < -0.4 is 24.4 Å². The number of hydrazone groups is 1. The Morgan fingerprint density at radius 3 is 2.23 bits per heavy atom. The predicted octanol–water partition coefficient (Wildman–Crippen LogP) is 3.60. The number of rotatable bonds is 9. The first-order chi connectivity index (χ1) is 16.9. The third-order valence-corrected chi connectivity index (χ3v) is 4.67. The van der Waals surface area contributed by atoms with Crippen molar-refractivity contribution in [3.05, 3.63) is 87.5 Å². The Kier molecular flexibility index (Phi) is 7.96. The molecule has 0 bridgehead atoms. The van der Waals surface area contributed by atoms with E-state index in [0.717, 1.165) is 6.07 Å². The molecule has 0 heterocycles. The summed E-state index contributed by atoms with van der Waals surface area (Å²) in [7, 11) is 4.33. The maximum atomic E-state index is 12.7. The molecule has 0 atom stereocenters. The highest BCUT2D eigenvalue weighted by molar-refractivity contribution is 5.95. The first-order valence-electron chi connectivity index (χ1n) is 10.1. The lowest BCUT2D eigenvalue weighted by Gasteiger charge is -2.13. The molecule has 0 unspecified atom stereocenters. The van der Waals surface area contributed by atoms with Crippen LogP contribution in [0.4, 0.5) is 5.69 Å². The van der Waals surface area contributed by atoms with Gasteiger partial charge in [0.1, 0.15) is 5.75 Å². The summed E-state index contributed by atoms with van der Waals surface area (Å²) in [6, 6.07) is 14.6. The number of carbonyl (C=O) groups is 2. The van der Waals surface area contributed by atoms with E-state index in [1.165, 1.54) is 57.9 Å². The topological polar surface area (TPSA) is 139 Å². The van der Waals surface area contributed by atoms with Gasteiger partial charge in [0.2, 0.25) is 5.75 Å². The van der Waals surface area contributed by atoms with Crippen LogP contribution in [0.15, 0.2) is 65.8 Å². The van der Waals surface area contributed by atoms with Crippen LogP contribution in [-0.4, -0.2) is 44.3 Å². The maximum absolute atomic E-state index is 12.7. The number of nitro benzene ring substituents is 1. The lowest BCUT2D eigenvalue weighted by molar-refractivity contribution is -0.384. The van der Waals surface area contributed by atoms with E-state index in [1.807, 2.05) is 0 Å². The molecule has 0 spiro atoms. The molecule has 0 saturated carbocycles. The minimum absolute atomic E-state index is 0.0874. The number of ether oxygens (including phenoxy) is 4. The zero-order valence-corrected chi connectivity index (χ0v) is 19.0. The largest absolute Gasteiger partial charge is 0.493 e. The average Bonchev–Trinajstić information content (AvgIpc) is 2.87. The molecule has 35 heavy (non-hydrogen) atoms. The van der Waals surface area contributed by atoms with E-state index in [2.05, 4.69) is 10.5 Å². The highest BCUT2D eigenvalue weighted by Crippen LogP contribution is 2.38. The van der Waals surface area contributed by atoms with E-state index in [0.29, 0.717) is 22.8 Å². The summed E-state index contributed by atoms with van der Waals surface area (Å²) in [5.74, 6) is -0.0831. The summed E-state index contributed by atoms with van der Waals surface area (Å²) in [4.78, 5) is 35.1. The summed E-state index contributed by atoms with van der Waals surface area (Å²) in [5, 5.41) is 14.7. The number of nitrogens with zero attached hydrogens (tertiary/aromatic N) is 2. The van der Waals surface area contributed by atoms with E-state index in [4.69, 9.17) is 18.9 Å². The Morgan fingerprint density at radius 1 is 0.914 bits per heavy atom. The lowest BCUT2D eigenvalue weighted by Crippen LogP contribution is -2.17. The van der Waals surface area contributed by atoms with E-state index in [9.17, 15) is 19.7 Å². The lowest BCUT2D eigenvalue weighted by atomic mass is 10.1. The Bertz CT molecular complexity index is 1260. The van der Waals surface area contributed by atoms with Crippen LogP contribution in [0.2, 0.25) is 0 Å². The second-order valence-electron chi connectivity index (χ2n) is 6.88. The number of nitrogens with one attached hydrogen (secondary N) is 1. The molecule has 0 aliphatic carbocycles. The molecule has 0 aliphatic rings. The van der Waals surface area contributed by atoms with Gasteiger partial charge in [0.05, 0.1) is 38.0 Å². The van der Waals surface area contributed by atoms with Crippen molar-refractivity contribution < 1.29 is 33.5 Å². The van der Waals surface area contributed by atoms with Gasteiger partial charge in [-0.25, -0.2) is 10.2 Å². The molecule has 0 aliphatic heterocycles. The number of amides is 1. The van der Waals surface area contributed by atoms with Crippen molar-refractivity contribution >= 4 is 23.8 Å². The van der Waals surface area contributed by atoms with Crippen molar-refractivity contribution in [1.29, 1.82) is 0 Å². The van der Waals surface area contributed by atoms with E-state index < -0.39 is 16.8 Å². The number of benzene rings is 3. The van der Waals surface area contributed by atoms with Crippen molar-refractivity contribution in [2.75, 3.05) is 21.3 Å². The number of nitro groups is 1. The van der Waals surface area contributed by atoms with Crippen LogP contribution in [-0.2, 0) is 0 Å². The zero-order valence-electron chi connectivity index (χ0n) is 19.0. The number of non-ortho nitro benzene ring substituents is 1. The van der Waals surface area contributed by atoms with Gasteiger partial charge in [0.25, 0.3) is 11.6 Å². The highest BCUT2D eigenvalue weighted by atomic mass is 16.6. The molecule has 0 saturated heterocycles. The van der Waals surface area contributed by atoms with Gasteiger partial charge < -0.3 is 18.9 Å². The number of esters is 1. The Labute approximate surface area is 200 Å². The molecule has 1 N–H and O–H groups in total. The molecule has 0 fully saturated rings. The van der Waals surface area contributed by atoms with Gasteiger partial charge in [0.15, 0.2) is 11.5 Å². The molecule has 3 aromatic rings. The fourth-order valence-electron chi connectivity index (χ4n) is 3.01. The van der Waals surface area contributed by atoms with Crippen LogP contribution in [0.25, 0.3) is 0 Å². The normalized spacial score (nSPS) is 10.5. The fourth-order valence-corrected chi connectivity index (χ4v) is 3.01. The van der Waals surface area contributed by atoms with Crippen LogP contribution >= 0.6 is 0 Å². The van der Waals surface area contributed by atoms with E-state index in [-0.39, 0.29) is 22.6 Å². The third-order valence-electron chi connectivity index (χ3n) is 4.67. The van der Waals surface area contributed by atoms with Crippen molar-refractivity contribution in [1.82, 2.24) is 5.43 Å².